The number of carbonyl (C=O) groups is 1. The molecule has 134 valence electrons. The second kappa shape index (κ2) is 8.00. The molecule has 1 aliphatic heterocycles. The molecular formula is C16H28O7. The minimum Gasteiger partial charge on any atom is -0.394 e. The summed E-state index contributed by atoms with van der Waals surface area (Å²) in [6.45, 7) is 3.71. The van der Waals surface area contributed by atoms with Crippen molar-refractivity contribution in [3.05, 3.63) is 0 Å². The Balaban J connectivity index is 1.88. The van der Waals surface area contributed by atoms with Crippen LogP contribution in [0.4, 0.5) is 0 Å². The Morgan fingerprint density at radius 2 is 1.91 bits per heavy atom. The Hall–Kier alpha value is -0.570. The van der Waals surface area contributed by atoms with Gasteiger partial charge in [-0.3, -0.25) is 4.79 Å². The van der Waals surface area contributed by atoms with Crippen molar-refractivity contribution in [3.63, 3.8) is 0 Å². The van der Waals surface area contributed by atoms with Gasteiger partial charge in [0.1, 0.15) is 30.2 Å². The molecular weight excluding hydrogens is 304 g/mol. The zero-order valence-corrected chi connectivity index (χ0v) is 13.7. The Bertz CT molecular complexity index is 400. The van der Waals surface area contributed by atoms with E-state index in [1.54, 1.807) is 0 Å². The zero-order valence-electron chi connectivity index (χ0n) is 13.7. The molecule has 4 N–H and O–H groups in total. The molecule has 1 heterocycles. The van der Waals surface area contributed by atoms with Gasteiger partial charge in [0.2, 0.25) is 0 Å². The minimum atomic E-state index is -1.45. The molecule has 2 aliphatic rings. The molecule has 1 saturated heterocycles. The fourth-order valence-electron chi connectivity index (χ4n) is 3.39. The first-order valence-corrected chi connectivity index (χ1v) is 8.30. The number of carbonyl (C=O) groups excluding carboxylic acids is 1. The minimum absolute atomic E-state index is 0.0256. The number of aliphatic hydroxyl groups excluding tert-OH is 4. The first-order valence-electron chi connectivity index (χ1n) is 8.30. The van der Waals surface area contributed by atoms with E-state index >= 15 is 0 Å². The number of aliphatic hydroxyl groups is 4. The maximum absolute atomic E-state index is 12.1. The van der Waals surface area contributed by atoms with E-state index in [1.165, 1.54) is 0 Å². The predicted octanol–water partition coefficient (Wildman–Crippen LogP) is -0.556. The van der Waals surface area contributed by atoms with E-state index in [0.29, 0.717) is 12.3 Å². The van der Waals surface area contributed by atoms with Gasteiger partial charge in [-0.25, -0.2) is 0 Å². The van der Waals surface area contributed by atoms with Crippen LogP contribution in [0.1, 0.15) is 33.1 Å². The van der Waals surface area contributed by atoms with Gasteiger partial charge in [-0.05, 0) is 24.7 Å². The third-order valence-electron chi connectivity index (χ3n) is 4.99. The van der Waals surface area contributed by atoms with Crippen LogP contribution in [-0.2, 0) is 14.3 Å². The SMILES string of the molecule is C[C@@H]1CC[C@@H]([C@H](C)CO[C@@H]2O[C@H](CO)[C@@H](O)[C@H](O)[C@H]2O)C(=O)C1. The molecule has 23 heavy (non-hydrogen) atoms. The van der Waals surface area contributed by atoms with Gasteiger partial charge < -0.3 is 29.9 Å². The smallest absolute Gasteiger partial charge is 0.186 e. The number of hydrogen-bond acceptors (Lipinski definition) is 7. The van der Waals surface area contributed by atoms with Crippen LogP contribution in [0.15, 0.2) is 0 Å². The molecule has 0 spiro atoms. The van der Waals surface area contributed by atoms with Crippen molar-refractivity contribution >= 4 is 5.78 Å². The van der Waals surface area contributed by atoms with Gasteiger partial charge in [-0.1, -0.05) is 13.8 Å². The van der Waals surface area contributed by atoms with Gasteiger partial charge in [-0.15, -0.1) is 0 Å². The van der Waals surface area contributed by atoms with Crippen LogP contribution in [0, 0.1) is 17.8 Å². The average molecular weight is 332 g/mol. The highest BCUT2D eigenvalue weighted by atomic mass is 16.7. The van der Waals surface area contributed by atoms with Gasteiger partial charge in [0, 0.05) is 12.3 Å². The molecule has 7 nitrogen and oxygen atoms in total. The largest absolute Gasteiger partial charge is 0.394 e. The Labute approximate surface area is 136 Å². The monoisotopic (exact) mass is 332 g/mol. The Morgan fingerprint density at radius 1 is 1.22 bits per heavy atom. The van der Waals surface area contributed by atoms with E-state index in [-0.39, 0.29) is 24.2 Å². The van der Waals surface area contributed by atoms with Crippen LogP contribution in [0.25, 0.3) is 0 Å². The third-order valence-corrected chi connectivity index (χ3v) is 4.99. The van der Waals surface area contributed by atoms with Crippen LogP contribution in [-0.4, -0.2) is 70.1 Å². The molecule has 2 rings (SSSR count). The average Bonchev–Trinajstić information content (AvgIpc) is 2.51. The van der Waals surface area contributed by atoms with Crippen molar-refractivity contribution in [2.24, 2.45) is 17.8 Å². The molecule has 0 aromatic carbocycles. The molecule has 1 saturated carbocycles. The second-order valence-electron chi connectivity index (χ2n) is 6.97. The highest BCUT2D eigenvalue weighted by Gasteiger charge is 2.44. The zero-order chi connectivity index (χ0) is 17.1. The summed E-state index contributed by atoms with van der Waals surface area (Å²) < 4.78 is 10.8. The first kappa shape index (κ1) is 18.8. The van der Waals surface area contributed by atoms with Crippen LogP contribution in [0.5, 0.6) is 0 Å². The summed E-state index contributed by atoms with van der Waals surface area (Å²) in [4.78, 5) is 12.1. The molecule has 0 aromatic heterocycles. The first-order chi connectivity index (χ1) is 10.8. The van der Waals surface area contributed by atoms with E-state index in [4.69, 9.17) is 14.6 Å². The molecule has 0 radical (unpaired) electrons. The Kier molecular flexibility index (Phi) is 6.53. The summed E-state index contributed by atoms with van der Waals surface area (Å²) in [5.41, 5.74) is 0. The molecule has 0 amide bonds. The molecule has 0 unspecified atom stereocenters. The summed E-state index contributed by atoms with van der Waals surface area (Å²) in [7, 11) is 0. The summed E-state index contributed by atoms with van der Waals surface area (Å²) in [6, 6.07) is 0. The summed E-state index contributed by atoms with van der Waals surface area (Å²) >= 11 is 0. The number of ether oxygens (including phenoxy) is 2. The van der Waals surface area contributed by atoms with Crippen LogP contribution < -0.4 is 0 Å². The topological polar surface area (TPSA) is 116 Å². The van der Waals surface area contributed by atoms with Gasteiger partial charge in [0.25, 0.3) is 0 Å². The summed E-state index contributed by atoms with van der Waals surface area (Å²) in [6.07, 6.45) is -3.92. The van der Waals surface area contributed by atoms with Gasteiger partial charge in [-0.2, -0.15) is 0 Å². The molecule has 8 atom stereocenters. The van der Waals surface area contributed by atoms with Gasteiger partial charge in [0.15, 0.2) is 6.29 Å². The van der Waals surface area contributed by atoms with Crippen LogP contribution in [0.2, 0.25) is 0 Å². The number of ketones is 1. The van der Waals surface area contributed by atoms with E-state index in [9.17, 15) is 20.1 Å². The van der Waals surface area contributed by atoms with E-state index in [2.05, 4.69) is 6.92 Å². The number of hydrogen-bond donors (Lipinski definition) is 4. The third kappa shape index (κ3) is 4.29. The van der Waals surface area contributed by atoms with Crippen molar-refractivity contribution < 1.29 is 34.7 Å². The maximum atomic E-state index is 12.1. The van der Waals surface area contributed by atoms with Crippen molar-refractivity contribution in [1.82, 2.24) is 0 Å². The molecule has 2 fully saturated rings. The Morgan fingerprint density at radius 3 is 2.52 bits per heavy atom. The van der Waals surface area contributed by atoms with Crippen molar-refractivity contribution in [1.29, 1.82) is 0 Å². The number of rotatable bonds is 5. The van der Waals surface area contributed by atoms with E-state index in [1.807, 2.05) is 6.92 Å². The fraction of sp³-hybridized carbons (Fsp3) is 0.938. The van der Waals surface area contributed by atoms with E-state index < -0.39 is 37.3 Å². The lowest BCUT2D eigenvalue weighted by Crippen LogP contribution is -2.59. The van der Waals surface area contributed by atoms with Gasteiger partial charge in [0.05, 0.1) is 13.2 Å². The molecule has 1 aliphatic carbocycles. The summed E-state index contributed by atoms with van der Waals surface area (Å²) in [5, 5.41) is 38.5. The molecule has 0 bridgehead atoms. The lowest BCUT2D eigenvalue weighted by molar-refractivity contribution is -0.303. The lowest BCUT2D eigenvalue weighted by Gasteiger charge is -2.40. The maximum Gasteiger partial charge on any atom is 0.186 e. The van der Waals surface area contributed by atoms with Crippen molar-refractivity contribution in [2.45, 2.75) is 63.8 Å². The molecule has 0 aromatic rings. The highest BCUT2D eigenvalue weighted by Crippen LogP contribution is 2.31. The standard InChI is InChI=1S/C16H28O7/c1-8-3-4-10(11(18)5-8)9(2)7-22-16-15(21)14(20)13(19)12(6-17)23-16/h8-10,12-17,19-21H,3-7H2,1-2H3/t8-,9-,10+,12-,13-,14+,15-,16-/m1/s1. The van der Waals surface area contributed by atoms with E-state index in [0.717, 1.165) is 12.8 Å². The van der Waals surface area contributed by atoms with Crippen LogP contribution in [0.3, 0.4) is 0 Å². The molecule has 7 heteroatoms. The summed E-state index contributed by atoms with van der Waals surface area (Å²) in [5.74, 6) is 0.587. The fourth-order valence-corrected chi connectivity index (χ4v) is 3.39. The van der Waals surface area contributed by atoms with Gasteiger partial charge >= 0.3 is 0 Å². The van der Waals surface area contributed by atoms with Crippen molar-refractivity contribution in [3.8, 4) is 0 Å². The van der Waals surface area contributed by atoms with Crippen molar-refractivity contribution in [2.75, 3.05) is 13.2 Å². The lowest BCUT2D eigenvalue weighted by atomic mass is 9.76. The van der Waals surface area contributed by atoms with Crippen LogP contribution >= 0.6 is 0 Å². The highest BCUT2D eigenvalue weighted by molar-refractivity contribution is 5.82. The number of Topliss-reactive ketones (excluding diaryl/α,β-unsaturated/α-hetero) is 1. The second-order valence-corrected chi connectivity index (χ2v) is 6.97. The quantitative estimate of drug-likeness (QED) is 0.533. The predicted molar refractivity (Wildman–Crippen MR) is 80.4 cm³/mol. The normalized spacial score (nSPS) is 43.4.